The van der Waals surface area contributed by atoms with E-state index in [1.807, 2.05) is 6.92 Å². The normalized spacial score (nSPS) is 22.2. The first-order valence-electron chi connectivity index (χ1n) is 6.06. The van der Waals surface area contributed by atoms with Crippen LogP contribution in [0.5, 0.6) is 0 Å². The van der Waals surface area contributed by atoms with E-state index in [-0.39, 0.29) is 34.1 Å². The van der Waals surface area contributed by atoms with Gasteiger partial charge in [0.25, 0.3) is 0 Å². The van der Waals surface area contributed by atoms with Gasteiger partial charge in [-0.3, -0.25) is 4.79 Å². The van der Waals surface area contributed by atoms with E-state index in [1.54, 1.807) is 12.1 Å². The second-order valence-electron chi connectivity index (χ2n) is 4.59. The SMILES string of the molecule is CC1NCCC1C(=O)Nc1cccc(Cl)c1C(=O)O. The molecule has 102 valence electrons. The number of carbonyl (C=O) groups is 2. The highest BCUT2D eigenvalue weighted by Gasteiger charge is 2.30. The average molecular weight is 283 g/mol. The number of carbonyl (C=O) groups excluding carboxylic acids is 1. The van der Waals surface area contributed by atoms with Crippen molar-refractivity contribution in [1.82, 2.24) is 5.32 Å². The van der Waals surface area contributed by atoms with Crippen molar-refractivity contribution < 1.29 is 14.7 Å². The van der Waals surface area contributed by atoms with Crippen molar-refractivity contribution >= 4 is 29.2 Å². The van der Waals surface area contributed by atoms with Gasteiger partial charge in [0.05, 0.1) is 16.6 Å². The van der Waals surface area contributed by atoms with Gasteiger partial charge in [0, 0.05) is 6.04 Å². The molecule has 0 saturated carbocycles. The molecular formula is C13H15ClN2O3. The largest absolute Gasteiger partial charge is 0.478 e. The molecule has 0 radical (unpaired) electrons. The zero-order valence-electron chi connectivity index (χ0n) is 10.4. The Morgan fingerprint density at radius 2 is 2.21 bits per heavy atom. The number of halogens is 1. The highest BCUT2D eigenvalue weighted by atomic mass is 35.5. The Kier molecular flexibility index (Phi) is 4.07. The fraction of sp³-hybridized carbons (Fsp3) is 0.385. The number of hydrogen-bond donors (Lipinski definition) is 3. The molecule has 6 heteroatoms. The number of amides is 1. The van der Waals surface area contributed by atoms with Crippen molar-refractivity contribution in [2.75, 3.05) is 11.9 Å². The Morgan fingerprint density at radius 3 is 2.79 bits per heavy atom. The van der Waals surface area contributed by atoms with Crippen molar-refractivity contribution in [2.24, 2.45) is 5.92 Å². The number of anilines is 1. The Labute approximate surface area is 116 Å². The zero-order valence-corrected chi connectivity index (χ0v) is 11.2. The molecule has 1 aliphatic rings. The first-order valence-corrected chi connectivity index (χ1v) is 6.44. The second kappa shape index (κ2) is 5.59. The zero-order chi connectivity index (χ0) is 14.0. The lowest BCUT2D eigenvalue weighted by atomic mass is 10.0. The molecule has 2 unspecified atom stereocenters. The van der Waals surface area contributed by atoms with Crippen LogP contribution in [-0.4, -0.2) is 29.6 Å². The second-order valence-corrected chi connectivity index (χ2v) is 5.00. The van der Waals surface area contributed by atoms with Crippen LogP contribution in [0.3, 0.4) is 0 Å². The number of benzene rings is 1. The van der Waals surface area contributed by atoms with Gasteiger partial charge in [-0.25, -0.2) is 4.79 Å². The summed E-state index contributed by atoms with van der Waals surface area (Å²) >= 11 is 5.85. The quantitative estimate of drug-likeness (QED) is 0.792. The van der Waals surface area contributed by atoms with Crippen molar-refractivity contribution in [3.8, 4) is 0 Å². The maximum atomic E-state index is 12.1. The molecule has 1 aromatic carbocycles. The molecule has 1 aliphatic heterocycles. The summed E-state index contributed by atoms with van der Waals surface area (Å²) in [5, 5.41) is 15.1. The molecule has 0 bridgehead atoms. The monoisotopic (exact) mass is 282 g/mol. The number of carboxylic acids is 1. The van der Waals surface area contributed by atoms with Crippen LogP contribution < -0.4 is 10.6 Å². The number of nitrogens with one attached hydrogen (secondary N) is 2. The fourth-order valence-electron chi connectivity index (χ4n) is 2.29. The minimum atomic E-state index is -1.15. The summed E-state index contributed by atoms with van der Waals surface area (Å²) in [6.07, 6.45) is 0.746. The molecule has 19 heavy (non-hydrogen) atoms. The highest BCUT2D eigenvalue weighted by Crippen LogP contribution is 2.26. The third-order valence-electron chi connectivity index (χ3n) is 3.35. The minimum Gasteiger partial charge on any atom is -0.478 e. The lowest BCUT2D eigenvalue weighted by Gasteiger charge is -2.16. The smallest absolute Gasteiger partial charge is 0.339 e. The van der Waals surface area contributed by atoms with E-state index in [9.17, 15) is 9.59 Å². The Hall–Kier alpha value is -1.59. The van der Waals surface area contributed by atoms with E-state index >= 15 is 0 Å². The minimum absolute atomic E-state index is 0.0730. The molecule has 1 saturated heterocycles. The van der Waals surface area contributed by atoms with E-state index in [2.05, 4.69) is 10.6 Å². The van der Waals surface area contributed by atoms with Gasteiger partial charge >= 0.3 is 5.97 Å². The Balaban J connectivity index is 2.21. The van der Waals surface area contributed by atoms with Gasteiger partial charge in [-0.05, 0) is 32.0 Å². The summed E-state index contributed by atoms with van der Waals surface area (Å²) in [7, 11) is 0. The van der Waals surface area contributed by atoms with E-state index in [0.29, 0.717) is 0 Å². The summed E-state index contributed by atoms with van der Waals surface area (Å²) in [5.74, 6) is -1.48. The van der Waals surface area contributed by atoms with Crippen molar-refractivity contribution in [2.45, 2.75) is 19.4 Å². The van der Waals surface area contributed by atoms with E-state index in [1.165, 1.54) is 6.07 Å². The molecule has 1 heterocycles. The van der Waals surface area contributed by atoms with Gasteiger partial charge < -0.3 is 15.7 Å². The molecule has 3 N–H and O–H groups in total. The van der Waals surface area contributed by atoms with E-state index < -0.39 is 5.97 Å². The van der Waals surface area contributed by atoms with Crippen molar-refractivity contribution in [3.63, 3.8) is 0 Å². The van der Waals surface area contributed by atoms with Crippen LogP contribution in [-0.2, 0) is 4.79 Å². The van der Waals surface area contributed by atoms with Crippen LogP contribution in [0.4, 0.5) is 5.69 Å². The summed E-state index contributed by atoms with van der Waals surface area (Å²) in [6.45, 7) is 2.73. The predicted molar refractivity (Wildman–Crippen MR) is 72.6 cm³/mol. The molecular weight excluding hydrogens is 268 g/mol. The van der Waals surface area contributed by atoms with E-state index in [0.717, 1.165) is 13.0 Å². The lowest BCUT2D eigenvalue weighted by Crippen LogP contribution is -2.32. The average Bonchev–Trinajstić information content (AvgIpc) is 2.75. The Bertz CT molecular complexity index is 519. The van der Waals surface area contributed by atoms with E-state index in [4.69, 9.17) is 16.7 Å². The summed E-state index contributed by atoms with van der Waals surface area (Å²) in [4.78, 5) is 23.3. The van der Waals surface area contributed by atoms with Gasteiger partial charge in [-0.2, -0.15) is 0 Å². The fourth-order valence-corrected chi connectivity index (χ4v) is 2.54. The standard InChI is InChI=1S/C13H15ClN2O3/c1-7-8(5-6-15-7)12(17)16-10-4-2-3-9(14)11(10)13(18)19/h2-4,7-8,15H,5-6H2,1H3,(H,16,17)(H,18,19). The molecule has 1 amide bonds. The van der Waals surface area contributed by atoms with Crippen LogP contribution in [0.25, 0.3) is 0 Å². The van der Waals surface area contributed by atoms with Crippen molar-refractivity contribution in [3.05, 3.63) is 28.8 Å². The number of hydrogen-bond acceptors (Lipinski definition) is 3. The molecule has 0 spiro atoms. The molecule has 2 atom stereocenters. The van der Waals surface area contributed by atoms with Crippen LogP contribution in [0.1, 0.15) is 23.7 Å². The molecule has 1 aromatic rings. The highest BCUT2D eigenvalue weighted by molar-refractivity contribution is 6.34. The summed E-state index contributed by atoms with van der Waals surface area (Å²) < 4.78 is 0. The predicted octanol–water partition coefficient (Wildman–Crippen LogP) is 1.97. The van der Waals surface area contributed by atoms with Crippen LogP contribution in [0.15, 0.2) is 18.2 Å². The van der Waals surface area contributed by atoms with Gasteiger partial charge in [0.2, 0.25) is 5.91 Å². The van der Waals surface area contributed by atoms with Crippen molar-refractivity contribution in [1.29, 1.82) is 0 Å². The number of carboxylic acid groups (broad SMARTS) is 1. The molecule has 0 aromatic heterocycles. The molecule has 2 rings (SSSR count). The third-order valence-corrected chi connectivity index (χ3v) is 3.66. The summed E-state index contributed by atoms with van der Waals surface area (Å²) in [5.41, 5.74) is 0.167. The van der Waals surface area contributed by atoms with Crippen LogP contribution >= 0.6 is 11.6 Å². The first-order chi connectivity index (χ1) is 9.00. The summed E-state index contributed by atoms with van der Waals surface area (Å²) in [6, 6.07) is 4.73. The molecule has 0 aliphatic carbocycles. The van der Waals surface area contributed by atoms with Crippen LogP contribution in [0.2, 0.25) is 5.02 Å². The first kappa shape index (κ1) is 13.8. The molecule has 5 nitrogen and oxygen atoms in total. The maximum Gasteiger partial charge on any atom is 0.339 e. The number of aromatic carboxylic acids is 1. The molecule has 1 fully saturated rings. The third kappa shape index (κ3) is 2.88. The van der Waals surface area contributed by atoms with Crippen LogP contribution in [0, 0.1) is 5.92 Å². The van der Waals surface area contributed by atoms with Gasteiger partial charge in [-0.15, -0.1) is 0 Å². The maximum absolute atomic E-state index is 12.1. The van der Waals surface area contributed by atoms with Gasteiger partial charge in [-0.1, -0.05) is 17.7 Å². The Morgan fingerprint density at radius 1 is 1.47 bits per heavy atom. The topological polar surface area (TPSA) is 78.4 Å². The van der Waals surface area contributed by atoms with Gasteiger partial charge in [0.1, 0.15) is 5.56 Å². The van der Waals surface area contributed by atoms with Gasteiger partial charge in [0.15, 0.2) is 0 Å². The number of rotatable bonds is 3. The lowest BCUT2D eigenvalue weighted by molar-refractivity contribution is -0.120.